The summed E-state index contributed by atoms with van der Waals surface area (Å²) < 4.78 is 0. The number of aromatic nitrogens is 2. The second kappa shape index (κ2) is 8.86. The maximum absolute atomic E-state index is 12.0. The van der Waals surface area contributed by atoms with Crippen LogP contribution >= 0.6 is 11.3 Å². The van der Waals surface area contributed by atoms with Crippen molar-refractivity contribution in [2.45, 2.75) is 12.8 Å². The lowest BCUT2D eigenvalue weighted by Gasteiger charge is -2.06. The summed E-state index contributed by atoms with van der Waals surface area (Å²) in [7, 11) is 0. The molecule has 3 aromatic rings. The van der Waals surface area contributed by atoms with Gasteiger partial charge in [0.1, 0.15) is 10.7 Å². The Labute approximate surface area is 159 Å². The molecule has 0 aliphatic rings. The van der Waals surface area contributed by atoms with Gasteiger partial charge in [0.2, 0.25) is 11.0 Å². The van der Waals surface area contributed by atoms with Crippen LogP contribution in [-0.4, -0.2) is 27.6 Å². The van der Waals surface area contributed by atoms with Crippen LogP contribution < -0.4 is 10.6 Å². The number of benzene rings is 2. The lowest BCUT2D eigenvalue weighted by molar-refractivity contribution is -0.384. The summed E-state index contributed by atoms with van der Waals surface area (Å²) in [5.74, 6) is -0.233. The number of nitrogens with zero attached hydrogens (tertiary/aromatic N) is 3. The van der Waals surface area contributed by atoms with Gasteiger partial charge in [-0.05, 0) is 11.6 Å². The molecule has 1 aromatic heterocycles. The van der Waals surface area contributed by atoms with E-state index in [-0.39, 0.29) is 24.6 Å². The number of nitrogens with one attached hydrogen (secondary N) is 2. The molecule has 0 saturated heterocycles. The molecule has 0 fully saturated rings. The largest absolute Gasteiger partial charge is 0.379 e. The van der Waals surface area contributed by atoms with Crippen molar-refractivity contribution in [3.05, 3.63) is 75.3 Å². The third kappa shape index (κ3) is 5.32. The third-order valence-corrected chi connectivity index (χ3v) is 4.52. The van der Waals surface area contributed by atoms with Crippen molar-refractivity contribution < 1.29 is 9.72 Å². The molecule has 0 bridgehead atoms. The van der Waals surface area contributed by atoms with Crippen LogP contribution in [-0.2, 0) is 11.2 Å². The smallest absolute Gasteiger partial charge is 0.292 e. The van der Waals surface area contributed by atoms with Crippen LogP contribution in [0.15, 0.2) is 54.6 Å². The molecule has 0 spiro atoms. The van der Waals surface area contributed by atoms with Gasteiger partial charge in [-0.1, -0.05) is 53.8 Å². The van der Waals surface area contributed by atoms with Crippen LogP contribution in [0.5, 0.6) is 0 Å². The van der Waals surface area contributed by atoms with E-state index >= 15 is 0 Å². The first-order chi connectivity index (χ1) is 13.1. The van der Waals surface area contributed by atoms with Crippen LogP contribution in [0.25, 0.3) is 0 Å². The Morgan fingerprint density at radius 1 is 1.07 bits per heavy atom. The molecular formula is C18H17N5O3S. The fourth-order valence-electron chi connectivity index (χ4n) is 2.42. The molecule has 138 valence electrons. The molecule has 0 radical (unpaired) electrons. The zero-order chi connectivity index (χ0) is 19.1. The number of nitro groups is 1. The zero-order valence-corrected chi connectivity index (χ0v) is 15.1. The monoisotopic (exact) mass is 383 g/mol. The Balaban J connectivity index is 1.48. The average molecular weight is 383 g/mol. The Hall–Kier alpha value is -3.33. The van der Waals surface area contributed by atoms with Crippen molar-refractivity contribution in [3.63, 3.8) is 0 Å². The van der Waals surface area contributed by atoms with Gasteiger partial charge in [0.25, 0.3) is 5.69 Å². The molecule has 8 nitrogen and oxygen atoms in total. The number of rotatable bonds is 8. The Morgan fingerprint density at radius 3 is 2.59 bits per heavy atom. The maximum Gasteiger partial charge on any atom is 0.292 e. The number of para-hydroxylation sites is 2. The number of hydrogen-bond acceptors (Lipinski definition) is 7. The van der Waals surface area contributed by atoms with Crippen molar-refractivity contribution >= 4 is 33.8 Å². The van der Waals surface area contributed by atoms with Gasteiger partial charge >= 0.3 is 0 Å². The number of carbonyl (C=O) groups is 1. The minimum absolute atomic E-state index is 0.0208. The summed E-state index contributed by atoms with van der Waals surface area (Å²) in [4.78, 5) is 22.5. The molecule has 0 aliphatic carbocycles. The lowest BCUT2D eigenvalue weighted by Crippen LogP contribution is -2.16. The van der Waals surface area contributed by atoms with E-state index in [2.05, 4.69) is 20.8 Å². The highest BCUT2D eigenvalue weighted by Gasteiger charge is 2.13. The number of anilines is 2. The standard InChI is InChI=1S/C18H17N5O3S/c24-16(10-11-19-14-8-4-5-9-15(14)23(25)26)20-18-22-21-17(27-18)12-13-6-2-1-3-7-13/h1-9,19H,10-12H2,(H,20,22,24). The minimum atomic E-state index is -0.460. The minimum Gasteiger partial charge on any atom is -0.379 e. The first-order valence-corrected chi connectivity index (χ1v) is 9.07. The van der Waals surface area contributed by atoms with Gasteiger partial charge in [-0.25, -0.2) is 0 Å². The third-order valence-electron chi connectivity index (χ3n) is 3.68. The van der Waals surface area contributed by atoms with E-state index in [0.29, 0.717) is 17.2 Å². The van der Waals surface area contributed by atoms with Gasteiger partial charge in [-0.3, -0.25) is 14.9 Å². The second-order valence-electron chi connectivity index (χ2n) is 5.66. The van der Waals surface area contributed by atoms with Gasteiger partial charge < -0.3 is 10.6 Å². The SMILES string of the molecule is O=C(CCNc1ccccc1[N+](=O)[O-])Nc1nnc(Cc2ccccc2)s1. The van der Waals surface area contributed by atoms with E-state index in [0.717, 1.165) is 10.6 Å². The second-order valence-corrected chi connectivity index (χ2v) is 6.72. The van der Waals surface area contributed by atoms with Gasteiger partial charge in [0.05, 0.1) is 4.92 Å². The van der Waals surface area contributed by atoms with E-state index < -0.39 is 4.92 Å². The van der Waals surface area contributed by atoms with Crippen LogP contribution in [0.1, 0.15) is 17.0 Å². The van der Waals surface area contributed by atoms with E-state index in [1.165, 1.54) is 17.4 Å². The van der Waals surface area contributed by atoms with Gasteiger partial charge in [0, 0.05) is 25.5 Å². The van der Waals surface area contributed by atoms with Gasteiger partial charge in [0.15, 0.2) is 0 Å². The fraction of sp³-hybridized carbons (Fsp3) is 0.167. The van der Waals surface area contributed by atoms with E-state index in [4.69, 9.17) is 0 Å². The topological polar surface area (TPSA) is 110 Å². The molecule has 1 amide bonds. The molecule has 0 saturated carbocycles. The zero-order valence-electron chi connectivity index (χ0n) is 14.3. The number of hydrogen-bond donors (Lipinski definition) is 2. The average Bonchev–Trinajstić information content (AvgIpc) is 3.09. The number of amides is 1. The first kappa shape index (κ1) is 18.5. The lowest BCUT2D eigenvalue weighted by atomic mass is 10.2. The highest BCUT2D eigenvalue weighted by atomic mass is 32.1. The van der Waals surface area contributed by atoms with Crippen LogP contribution in [0.2, 0.25) is 0 Å². The first-order valence-electron chi connectivity index (χ1n) is 8.25. The number of nitro benzene ring substituents is 1. The molecule has 3 rings (SSSR count). The molecule has 9 heteroatoms. The van der Waals surface area contributed by atoms with E-state index in [1.807, 2.05) is 30.3 Å². The molecule has 0 unspecified atom stereocenters. The van der Waals surface area contributed by atoms with Crippen molar-refractivity contribution in [1.29, 1.82) is 0 Å². The van der Waals surface area contributed by atoms with E-state index in [9.17, 15) is 14.9 Å². The van der Waals surface area contributed by atoms with Crippen molar-refractivity contribution in [3.8, 4) is 0 Å². The predicted molar refractivity (Wildman–Crippen MR) is 104 cm³/mol. The van der Waals surface area contributed by atoms with Crippen LogP contribution in [0.4, 0.5) is 16.5 Å². The van der Waals surface area contributed by atoms with Gasteiger partial charge in [-0.2, -0.15) is 0 Å². The summed E-state index contributed by atoms with van der Waals surface area (Å²) in [6, 6.07) is 16.2. The number of carbonyl (C=O) groups excluding carboxylic acids is 1. The van der Waals surface area contributed by atoms with E-state index in [1.54, 1.807) is 18.2 Å². The Morgan fingerprint density at radius 2 is 1.81 bits per heavy atom. The van der Waals surface area contributed by atoms with Gasteiger partial charge in [-0.15, -0.1) is 10.2 Å². The van der Waals surface area contributed by atoms with Crippen molar-refractivity contribution in [2.75, 3.05) is 17.2 Å². The van der Waals surface area contributed by atoms with Crippen LogP contribution in [0, 0.1) is 10.1 Å². The quantitative estimate of drug-likeness (QED) is 0.455. The maximum atomic E-state index is 12.0. The molecular weight excluding hydrogens is 366 g/mol. The summed E-state index contributed by atoms with van der Waals surface area (Å²) in [6.07, 6.45) is 0.813. The summed E-state index contributed by atoms with van der Waals surface area (Å²) in [5.41, 5.74) is 1.49. The highest BCUT2D eigenvalue weighted by Crippen LogP contribution is 2.23. The predicted octanol–water partition coefficient (Wildman–Crippen LogP) is 3.48. The molecule has 27 heavy (non-hydrogen) atoms. The van der Waals surface area contributed by atoms with Crippen molar-refractivity contribution in [2.24, 2.45) is 0 Å². The normalized spacial score (nSPS) is 10.4. The van der Waals surface area contributed by atoms with Crippen molar-refractivity contribution in [1.82, 2.24) is 10.2 Å². The molecule has 2 aromatic carbocycles. The molecule has 2 N–H and O–H groups in total. The summed E-state index contributed by atoms with van der Waals surface area (Å²) >= 11 is 1.33. The Kier molecular flexibility index (Phi) is 6.06. The molecule has 0 atom stereocenters. The molecule has 1 heterocycles. The molecule has 0 aliphatic heterocycles. The summed E-state index contributed by atoms with van der Waals surface area (Å²) in [5, 5.41) is 25.9. The fourth-order valence-corrected chi connectivity index (χ4v) is 3.21. The Bertz CT molecular complexity index is 930. The van der Waals surface area contributed by atoms with Crippen LogP contribution in [0.3, 0.4) is 0 Å². The summed E-state index contributed by atoms with van der Waals surface area (Å²) in [6.45, 7) is 0.270. The highest BCUT2D eigenvalue weighted by molar-refractivity contribution is 7.15.